The zero-order chi connectivity index (χ0) is 13.8. The van der Waals surface area contributed by atoms with Crippen molar-refractivity contribution in [1.82, 2.24) is 0 Å². The van der Waals surface area contributed by atoms with Crippen molar-refractivity contribution in [3.05, 3.63) is 29.8 Å². The van der Waals surface area contributed by atoms with E-state index in [2.05, 4.69) is 0 Å². The predicted molar refractivity (Wildman–Crippen MR) is 59.1 cm³/mol. The molecule has 7 heteroatoms. The normalized spacial score (nSPS) is 13.1. The summed E-state index contributed by atoms with van der Waals surface area (Å²) in [7, 11) is 0. The van der Waals surface area contributed by atoms with Crippen LogP contribution < -0.4 is 16.2 Å². The first kappa shape index (κ1) is 14.3. The summed E-state index contributed by atoms with van der Waals surface area (Å²) < 4.78 is 42.1. The summed E-state index contributed by atoms with van der Waals surface area (Å²) in [5.74, 6) is -2.10. The molecule has 100 valence electrons. The zero-order valence-corrected chi connectivity index (χ0v) is 9.41. The number of primary amides is 1. The molecule has 1 atom stereocenters. The maximum absolute atomic E-state index is 12.4. The van der Waals surface area contributed by atoms with Crippen molar-refractivity contribution in [3.8, 4) is 5.75 Å². The molecule has 0 saturated carbocycles. The van der Waals surface area contributed by atoms with Gasteiger partial charge in [0.1, 0.15) is 18.3 Å². The number of benzene rings is 1. The molecular formula is C11H13F3N2O2. The lowest BCUT2D eigenvalue weighted by atomic mass is 10.1. The first-order valence-electron chi connectivity index (χ1n) is 5.14. The lowest BCUT2D eigenvalue weighted by molar-refractivity contribution is -0.178. The van der Waals surface area contributed by atoms with Crippen LogP contribution in [-0.2, 0) is 0 Å². The van der Waals surface area contributed by atoms with Gasteiger partial charge < -0.3 is 16.2 Å². The maximum atomic E-state index is 12.4. The molecule has 0 aromatic heterocycles. The van der Waals surface area contributed by atoms with Crippen LogP contribution in [0.5, 0.6) is 5.75 Å². The quantitative estimate of drug-likeness (QED) is 0.839. The number of ether oxygens (including phenoxy) is 1. The second-order valence-corrected chi connectivity index (χ2v) is 3.67. The first-order valence-corrected chi connectivity index (χ1v) is 5.14. The number of halogens is 3. The Morgan fingerprint density at radius 3 is 2.22 bits per heavy atom. The molecule has 0 aliphatic carbocycles. The van der Waals surface area contributed by atoms with E-state index in [0.717, 1.165) is 0 Å². The average molecular weight is 262 g/mol. The summed E-state index contributed by atoms with van der Waals surface area (Å²) in [6.07, 6.45) is -4.39. The number of amides is 1. The smallest absolute Gasteiger partial charge is 0.396 e. The Balaban J connectivity index is 2.60. The van der Waals surface area contributed by atoms with Crippen molar-refractivity contribution >= 4 is 5.91 Å². The topological polar surface area (TPSA) is 78.3 Å². The number of carbonyl (C=O) groups excluding carboxylic acids is 1. The van der Waals surface area contributed by atoms with E-state index in [-0.39, 0.29) is 11.3 Å². The first-order chi connectivity index (χ1) is 8.34. The van der Waals surface area contributed by atoms with Gasteiger partial charge in [0.2, 0.25) is 5.91 Å². The molecule has 1 amide bonds. The molecule has 18 heavy (non-hydrogen) atoms. The molecule has 0 aliphatic heterocycles. The molecule has 0 aliphatic rings. The average Bonchev–Trinajstić information content (AvgIpc) is 2.28. The molecule has 0 saturated heterocycles. The number of nitrogens with two attached hydrogens (primary N) is 2. The van der Waals surface area contributed by atoms with Crippen molar-refractivity contribution < 1.29 is 22.7 Å². The van der Waals surface area contributed by atoms with E-state index in [0.29, 0.717) is 0 Å². The summed E-state index contributed by atoms with van der Waals surface area (Å²) in [6, 6.07) is 5.51. The van der Waals surface area contributed by atoms with Crippen LogP contribution in [0.3, 0.4) is 0 Å². The second kappa shape index (κ2) is 5.72. The Hall–Kier alpha value is -1.76. The van der Waals surface area contributed by atoms with E-state index >= 15 is 0 Å². The van der Waals surface area contributed by atoms with Crippen LogP contribution in [0, 0.1) is 5.92 Å². The van der Waals surface area contributed by atoms with Gasteiger partial charge in [0, 0.05) is 12.1 Å². The fourth-order valence-corrected chi connectivity index (χ4v) is 1.21. The van der Waals surface area contributed by atoms with Gasteiger partial charge >= 0.3 is 6.18 Å². The largest absolute Gasteiger partial charge is 0.493 e. The molecular weight excluding hydrogens is 249 g/mol. The van der Waals surface area contributed by atoms with Crippen LogP contribution in [0.15, 0.2) is 24.3 Å². The fraction of sp³-hybridized carbons (Fsp3) is 0.364. The van der Waals surface area contributed by atoms with Crippen molar-refractivity contribution in [2.75, 3.05) is 13.2 Å². The Morgan fingerprint density at radius 2 is 1.83 bits per heavy atom. The van der Waals surface area contributed by atoms with Gasteiger partial charge in [-0.3, -0.25) is 4.79 Å². The molecule has 1 unspecified atom stereocenters. The van der Waals surface area contributed by atoms with Crippen LogP contribution in [0.1, 0.15) is 10.4 Å². The maximum Gasteiger partial charge on any atom is 0.396 e. The summed E-state index contributed by atoms with van der Waals surface area (Å²) in [5.41, 5.74) is 10.3. The Morgan fingerprint density at radius 1 is 1.28 bits per heavy atom. The molecule has 1 aromatic carbocycles. The highest BCUT2D eigenvalue weighted by Crippen LogP contribution is 2.26. The van der Waals surface area contributed by atoms with Crippen LogP contribution >= 0.6 is 0 Å². The van der Waals surface area contributed by atoms with Gasteiger partial charge in [-0.2, -0.15) is 13.2 Å². The van der Waals surface area contributed by atoms with E-state index in [1.165, 1.54) is 24.3 Å². The lowest BCUT2D eigenvalue weighted by Crippen LogP contribution is -2.35. The Bertz CT molecular complexity index is 404. The predicted octanol–water partition coefficient (Wildman–Crippen LogP) is 1.30. The SMILES string of the molecule is NCC(COc1ccc(C(N)=O)cc1)C(F)(F)F. The van der Waals surface area contributed by atoms with Gasteiger partial charge in [0.15, 0.2) is 0 Å². The van der Waals surface area contributed by atoms with E-state index in [1.807, 2.05) is 0 Å². The van der Waals surface area contributed by atoms with Gasteiger partial charge in [0.05, 0.1) is 0 Å². The van der Waals surface area contributed by atoms with Gasteiger partial charge in [-0.05, 0) is 24.3 Å². The number of rotatable bonds is 5. The van der Waals surface area contributed by atoms with E-state index in [4.69, 9.17) is 16.2 Å². The Kier molecular flexibility index (Phi) is 4.55. The van der Waals surface area contributed by atoms with Gasteiger partial charge in [-0.15, -0.1) is 0 Å². The molecule has 0 radical (unpaired) electrons. The molecule has 0 heterocycles. The second-order valence-electron chi connectivity index (χ2n) is 3.67. The van der Waals surface area contributed by atoms with Gasteiger partial charge in [0.25, 0.3) is 0 Å². The van der Waals surface area contributed by atoms with Crippen LogP contribution in [-0.4, -0.2) is 25.2 Å². The number of carbonyl (C=O) groups is 1. The van der Waals surface area contributed by atoms with Crippen LogP contribution in [0.2, 0.25) is 0 Å². The zero-order valence-electron chi connectivity index (χ0n) is 9.41. The third-order valence-corrected chi connectivity index (χ3v) is 2.34. The third kappa shape index (κ3) is 3.92. The van der Waals surface area contributed by atoms with E-state index in [9.17, 15) is 18.0 Å². The molecule has 1 rings (SSSR count). The monoisotopic (exact) mass is 262 g/mol. The number of hydrogen-bond donors (Lipinski definition) is 2. The molecule has 0 bridgehead atoms. The number of hydrogen-bond acceptors (Lipinski definition) is 3. The van der Waals surface area contributed by atoms with Gasteiger partial charge in [-0.25, -0.2) is 0 Å². The fourth-order valence-electron chi connectivity index (χ4n) is 1.21. The minimum atomic E-state index is -4.39. The number of alkyl halides is 3. The lowest BCUT2D eigenvalue weighted by Gasteiger charge is -2.18. The minimum Gasteiger partial charge on any atom is -0.493 e. The molecule has 0 fully saturated rings. The summed E-state index contributed by atoms with van der Waals surface area (Å²) in [6.45, 7) is -1.10. The Labute approximate surface area is 102 Å². The van der Waals surface area contributed by atoms with Crippen LogP contribution in [0.25, 0.3) is 0 Å². The minimum absolute atomic E-state index is 0.225. The molecule has 0 spiro atoms. The van der Waals surface area contributed by atoms with Crippen molar-refractivity contribution in [1.29, 1.82) is 0 Å². The van der Waals surface area contributed by atoms with Crippen molar-refractivity contribution in [2.45, 2.75) is 6.18 Å². The van der Waals surface area contributed by atoms with Crippen molar-refractivity contribution in [3.63, 3.8) is 0 Å². The summed E-state index contributed by atoms with van der Waals surface area (Å²) in [5, 5.41) is 0. The van der Waals surface area contributed by atoms with E-state index < -0.39 is 31.2 Å². The van der Waals surface area contributed by atoms with Crippen LogP contribution in [0.4, 0.5) is 13.2 Å². The molecule has 4 nitrogen and oxygen atoms in total. The summed E-state index contributed by atoms with van der Waals surface area (Å²) >= 11 is 0. The molecule has 4 N–H and O–H groups in total. The van der Waals surface area contributed by atoms with E-state index in [1.54, 1.807) is 0 Å². The third-order valence-electron chi connectivity index (χ3n) is 2.34. The van der Waals surface area contributed by atoms with Crippen molar-refractivity contribution in [2.24, 2.45) is 17.4 Å². The highest BCUT2D eigenvalue weighted by molar-refractivity contribution is 5.92. The highest BCUT2D eigenvalue weighted by Gasteiger charge is 2.39. The molecule has 1 aromatic rings. The summed E-state index contributed by atoms with van der Waals surface area (Å²) in [4.78, 5) is 10.8. The highest BCUT2D eigenvalue weighted by atomic mass is 19.4. The van der Waals surface area contributed by atoms with Gasteiger partial charge in [-0.1, -0.05) is 0 Å². The standard InChI is InChI=1S/C11H13F3N2O2/c12-11(13,14)8(5-15)6-18-9-3-1-7(2-4-9)10(16)17/h1-4,8H,5-6,15H2,(H2,16,17).